The van der Waals surface area contributed by atoms with E-state index in [1.807, 2.05) is 23.0 Å². The smallest absolute Gasteiger partial charge is 0.181 e. The van der Waals surface area contributed by atoms with E-state index in [0.29, 0.717) is 5.82 Å². The monoisotopic (exact) mass is 437 g/mol. The maximum Gasteiger partial charge on any atom is 0.181 e. The fraction of sp³-hybridized carbons (Fsp3) is 0.250. The van der Waals surface area contributed by atoms with Crippen LogP contribution in [0.4, 0.5) is 11.5 Å². The number of hydrogen-bond donors (Lipinski definition) is 2. The van der Waals surface area contributed by atoms with Gasteiger partial charge in [0.2, 0.25) is 0 Å². The molecule has 142 valence electrons. The molecule has 3 aromatic heterocycles. The normalized spacial score (nSPS) is 14.8. The standard InChI is InChI=1S/C20H20BrN7/c21-18-13-28-17(15-9-23-24-10-15)11-22-20(28)19(26-18)25-16-5-3-14(4-6-16)12-27-7-1-2-8-27/h3-6,9-11,13H,1-2,7-8,12H2,(H,23,24)(H,25,26). The van der Waals surface area contributed by atoms with Crippen LogP contribution in [0.5, 0.6) is 0 Å². The first kappa shape index (κ1) is 17.4. The number of imidazole rings is 1. The van der Waals surface area contributed by atoms with Gasteiger partial charge in [0.15, 0.2) is 11.5 Å². The molecule has 4 heterocycles. The first-order chi connectivity index (χ1) is 13.8. The number of anilines is 2. The third-order valence-corrected chi connectivity index (χ3v) is 5.46. The Labute approximate surface area is 170 Å². The highest BCUT2D eigenvalue weighted by molar-refractivity contribution is 9.10. The van der Waals surface area contributed by atoms with Gasteiger partial charge in [0.05, 0.1) is 18.1 Å². The predicted octanol–water partition coefficient (Wildman–Crippen LogP) is 4.22. The van der Waals surface area contributed by atoms with Crippen LogP contribution in [-0.2, 0) is 6.54 Å². The zero-order chi connectivity index (χ0) is 18.9. The van der Waals surface area contributed by atoms with Crippen LogP contribution in [0.25, 0.3) is 16.9 Å². The molecule has 2 N–H and O–H groups in total. The van der Waals surface area contributed by atoms with Crippen LogP contribution in [0, 0.1) is 0 Å². The first-order valence-corrected chi connectivity index (χ1v) is 10.2. The summed E-state index contributed by atoms with van der Waals surface area (Å²) >= 11 is 3.51. The Kier molecular flexibility index (Phi) is 4.58. The van der Waals surface area contributed by atoms with Crippen LogP contribution in [0.15, 0.2) is 53.7 Å². The third kappa shape index (κ3) is 3.41. The highest BCUT2D eigenvalue weighted by Gasteiger charge is 2.14. The number of rotatable bonds is 5. The fourth-order valence-electron chi connectivity index (χ4n) is 3.68. The lowest BCUT2D eigenvalue weighted by molar-refractivity contribution is 0.331. The van der Waals surface area contributed by atoms with E-state index in [1.165, 1.54) is 31.5 Å². The summed E-state index contributed by atoms with van der Waals surface area (Å²) in [6, 6.07) is 8.56. The second-order valence-electron chi connectivity index (χ2n) is 7.04. The summed E-state index contributed by atoms with van der Waals surface area (Å²) in [7, 11) is 0. The van der Waals surface area contributed by atoms with Crippen molar-refractivity contribution in [3.63, 3.8) is 0 Å². The van der Waals surface area contributed by atoms with Gasteiger partial charge in [-0.1, -0.05) is 12.1 Å². The molecule has 1 aliphatic heterocycles. The minimum atomic E-state index is 0.705. The van der Waals surface area contributed by atoms with Crippen molar-refractivity contribution in [2.75, 3.05) is 18.4 Å². The molecule has 28 heavy (non-hydrogen) atoms. The van der Waals surface area contributed by atoms with Gasteiger partial charge in [0.25, 0.3) is 0 Å². The van der Waals surface area contributed by atoms with Gasteiger partial charge in [-0.2, -0.15) is 5.10 Å². The molecule has 1 fully saturated rings. The van der Waals surface area contributed by atoms with E-state index in [4.69, 9.17) is 0 Å². The Morgan fingerprint density at radius 2 is 1.93 bits per heavy atom. The molecule has 0 saturated carbocycles. The van der Waals surface area contributed by atoms with Gasteiger partial charge in [0.1, 0.15) is 4.60 Å². The number of likely N-dealkylation sites (tertiary alicyclic amines) is 1. The summed E-state index contributed by atoms with van der Waals surface area (Å²) < 4.78 is 2.74. The van der Waals surface area contributed by atoms with Crippen LogP contribution >= 0.6 is 15.9 Å². The van der Waals surface area contributed by atoms with Gasteiger partial charge < -0.3 is 5.32 Å². The molecule has 0 amide bonds. The lowest BCUT2D eigenvalue weighted by atomic mass is 10.2. The van der Waals surface area contributed by atoms with Crippen molar-refractivity contribution in [3.8, 4) is 11.3 Å². The summed E-state index contributed by atoms with van der Waals surface area (Å²) in [6.07, 6.45) is 10.0. The molecule has 0 unspecified atom stereocenters. The molecule has 1 saturated heterocycles. The van der Waals surface area contributed by atoms with Gasteiger partial charge in [0, 0.05) is 30.2 Å². The maximum atomic E-state index is 4.59. The average molecular weight is 438 g/mol. The number of aromatic nitrogens is 5. The van der Waals surface area contributed by atoms with Gasteiger partial charge >= 0.3 is 0 Å². The Morgan fingerprint density at radius 1 is 1.11 bits per heavy atom. The number of aromatic amines is 1. The van der Waals surface area contributed by atoms with Crippen molar-refractivity contribution in [1.82, 2.24) is 29.5 Å². The number of benzene rings is 1. The van der Waals surface area contributed by atoms with Crippen molar-refractivity contribution in [1.29, 1.82) is 0 Å². The van der Waals surface area contributed by atoms with Crippen molar-refractivity contribution in [2.45, 2.75) is 19.4 Å². The van der Waals surface area contributed by atoms with Crippen LogP contribution in [0.2, 0.25) is 0 Å². The molecule has 0 atom stereocenters. The van der Waals surface area contributed by atoms with Crippen LogP contribution in [0.3, 0.4) is 0 Å². The Bertz CT molecular complexity index is 1080. The number of halogens is 1. The lowest BCUT2D eigenvalue weighted by Crippen LogP contribution is -2.18. The van der Waals surface area contributed by atoms with Crippen LogP contribution in [0.1, 0.15) is 18.4 Å². The molecule has 1 aromatic carbocycles. The minimum Gasteiger partial charge on any atom is -0.337 e. The number of H-pyrrole nitrogens is 1. The second kappa shape index (κ2) is 7.37. The Hall–Kier alpha value is -2.71. The molecule has 5 rings (SSSR count). The van der Waals surface area contributed by atoms with Crippen molar-refractivity contribution in [3.05, 3.63) is 59.2 Å². The van der Waals surface area contributed by atoms with E-state index >= 15 is 0 Å². The van der Waals surface area contributed by atoms with Gasteiger partial charge in [-0.3, -0.25) is 14.4 Å². The number of fused-ring (bicyclic) bond motifs is 1. The Morgan fingerprint density at radius 3 is 2.68 bits per heavy atom. The molecule has 1 aliphatic rings. The largest absolute Gasteiger partial charge is 0.337 e. The van der Waals surface area contributed by atoms with Crippen molar-refractivity contribution >= 4 is 33.1 Å². The van der Waals surface area contributed by atoms with E-state index in [-0.39, 0.29) is 0 Å². The van der Waals surface area contributed by atoms with Gasteiger partial charge in [-0.05, 0) is 59.6 Å². The van der Waals surface area contributed by atoms with E-state index in [2.05, 4.69) is 70.6 Å². The van der Waals surface area contributed by atoms with Crippen molar-refractivity contribution < 1.29 is 0 Å². The summed E-state index contributed by atoms with van der Waals surface area (Å²) in [4.78, 5) is 11.7. The van der Waals surface area contributed by atoms with Crippen LogP contribution in [-0.4, -0.2) is 42.6 Å². The van der Waals surface area contributed by atoms with Crippen molar-refractivity contribution in [2.24, 2.45) is 0 Å². The SMILES string of the molecule is Brc1cn2c(-c3cn[nH]c3)cnc2c(Nc2ccc(CN3CCCC3)cc2)n1. The molecule has 8 heteroatoms. The highest BCUT2D eigenvalue weighted by Crippen LogP contribution is 2.27. The molecular weight excluding hydrogens is 418 g/mol. The molecule has 4 aromatic rings. The first-order valence-electron chi connectivity index (χ1n) is 9.37. The Balaban J connectivity index is 1.42. The fourth-order valence-corrected chi connectivity index (χ4v) is 4.06. The quantitative estimate of drug-likeness (QED) is 0.488. The molecule has 0 bridgehead atoms. The van der Waals surface area contributed by atoms with E-state index in [9.17, 15) is 0 Å². The summed E-state index contributed by atoms with van der Waals surface area (Å²) in [6.45, 7) is 3.44. The van der Waals surface area contributed by atoms with Gasteiger partial charge in [-0.25, -0.2) is 9.97 Å². The molecule has 0 aliphatic carbocycles. The summed E-state index contributed by atoms with van der Waals surface area (Å²) in [5.74, 6) is 0.705. The average Bonchev–Trinajstić information content (AvgIpc) is 3.44. The second-order valence-corrected chi connectivity index (χ2v) is 7.85. The van der Waals surface area contributed by atoms with E-state index < -0.39 is 0 Å². The van der Waals surface area contributed by atoms with Crippen LogP contribution < -0.4 is 5.32 Å². The van der Waals surface area contributed by atoms with E-state index in [0.717, 1.165) is 33.7 Å². The topological polar surface area (TPSA) is 74.1 Å². The molecule has 0 spiro atoms. The summed E-state index contributed by atoms with van der Waals surface area (Å²) in [5, 5.41) is 10.3. The number of hydrogen-bond acceptors (Lipinski definition) is 5. The third-order valence-electron chi connectivity index (χ3n) is 5.08. The molecule has 0 radical (unpaired) electrons. The minimum absolute atomic E-state index is 0.705. The predicted molar refractivity (Wildman–Crippen MR) is 113 cm³/mol. The van der Waals surface area contributed by atoms with Gasteiger partial charge in [-0.15, -0.1) is 0 Å². The summed E-state index contributed by atoms with van der Waals surface area (Å²) in [5.41, 5.74) is 5.02. The lowest BCUT2D eigenvalue weighted by Gasteiger charge is -2.15. The molecule has 7 nitrogen and oxygen atoms in total. The maximum absolute atomic E-state index is 4.59. The highest BCUT2D eigenvalue weighted by atomic mass is 79.9. The van der Waals surface area contributed by atoms with E-state index in [1.54, 1.807) is 6.20 Å². The zero-order valence-electron chi connectivity index (χ0n) is 15.3. The number of nitrogens with one attached hydrogen (secondary N) is 2. The zero-order valence-corrected chi connectivity index (χ0v) is 16.9. The molecular formula is C20H20BrN7. The number of nitrogens with zero attached hydrogens (tertiary/aromatic N) is 5.